The van der Waals surface area contributed by atoms with Crippen molar-refractivity contribution in [1.29, 1.82) is 0 Å². The van der Waals surface area contributed by atoms with Gasteiger partial charge < -0.3 is 14.3 Å². The SMILES string of the molecule is CC(NC(=O)CCc1ccccc1)c1nnc2n1CCN(Cc1cc3ccccc3o1)CC2. The molecule has 7 heteroatoms. The number of fused-ring (bicyclic) bond motifs is 2. The van der Waals surface area contributed by atoms with E-state index in [0.29, 0.717) is 6.42 Å². The van der Waals surface area contributed by atoms with Gasteiger partial charge in [0.05, 0.1) is 12.6 Å². The van der Waals surface area contributed by atoms with Gasteiger partial charge in [-0.25, -0.2) is 0 Å². The largest absolute Gasteiger partial charge is 0.460 e. The number of furan rings is 1. The number of benzene rings is 2. The van der Waals surface area contributed by atoms with Crippen LogP contribution in [0, 0.1) is 0 Å². The van der Waals surface area contributed by atoms with Crippen LogP contribution in [-0.2, 0) is 30.7 Å². The third-order valence-electron chi connectivity index (χ3n) is 6.25. The second kappa shape index (κ2) is 9.58. The van der Waals surface area contributed by atoms with Crippen molar-refractivity contribution >= 4 is 16.9 Å². The van der Waals surface area contributed by atoms with Crippen LogP contribution in [-0.4, -0.2) is 38.7 Å². The molecule has 0 aliphatic carbocycles. The third kappa shape index (κ3) is 4.98. The molecule has 0 radical (unpaired) electrons. The fourth-order valence-electron chi connectivity index (χ4n) is 4.48. The quantitative estimate of drug-likeness (QED) is 0.469. The second-order valence-electron chi connectivity index (χ2n) is 8.68. The first kappa shape index (κ1) is 21.4. The molecule has 2 aromatic carbocycles. The van der Waals surface area contributed by atoms with Crippen molar-refractivity contribution in [3.05, 3.63) is 83.6 Å². The molecule has 1 N–H and O–H groups in total. The molecule has 0 bridgehead atoms. The highest BCUT2D eigenvalue weighted by Gasteiger charge is 2.23. The zero-order chi connectivity index (χ0) is 22.6. The van der Waals surface area contributed by atoms with Crippen molar-refractivity contribution in [3.63, 3.8) is 0 Å². The van der Waals surface area contributed by atoms with Gasteiger partial charge in [-0.05, 0) is 31.0 Å². The summed E-state index contributed by atoms with van der Waals surface area (Å²) in [6.07, 6.45) is 2.01. The Morgan fingerprint density at radius 3 is 2.73 bits per heavy atom. The minimum absolute atomic E-state index is 0.0313. The number of aryl methyl sites for hydroxylation is 1. The molecule has 1 unspecified atom stereocenters. The number of aromatic nitrogens is 3. The molecule has 4 aromatic rings. The molecule has 1 aliphatic heterocycles. The van der Waals surface area contributed by atoms with Gasteiger partial charge in [-0.1, -0.05) is 48.5 Å². The first-order chi connectivity index (χ1) is 16.2. The molecule has 0 spiro atoms. The van der Waals surface area contributed by atoms with E-state index in [9.17, 15) is 4.79 Å². The Kier molecular flexibility index (Phi) is 6.21. The van der Waals surface area contributed by atoms with Crippen LogP contribution in [0.1, 0.15) is 42.4 Å². The summed E-state index contributed by atoms with van der Waals surface area (Å²) in [5.41, 5.74) is 2.10. The molecule has 1 amide bonds. The molecular formula is C26H29N5O2. The molecule has 2 aromatic heterocycles. The fraction of sp³-hybridized carbons (Fsp3) is 0.346. The van der Waals surface area contributed by atoms with Gasteiger partial charge >= 0.3 is 0 Å². The Morgan fingerprint density at radius 2 is 1.88 bits per heavy atom. The summed E-state index contributed by atoms with van der Waals surface area (Å²) in [5, 5.41) is 13.1. The van der Waals surface area contributed by atoms with E-state index < -0.39 is 0 Å². The van der Waals surface area contributed by atoms with E-state index in [4.69, 9.17) is 4.42 Å². The monoisotopic (exact) mass is 443 g/mol. The Morgan fingerprint density at radius 1 is 1.06 bits per heavy atom. The molecule has 170 valence electrons. The van der Waals surface area contributed by atoms with Gasteiger partial charge in [0.1, 0.15) is 17.2 Å². The predicted octanol–water partition coefficient (Wildman–Crippen LogP) is 3.89. The van der Waals surface area contributed by atoms with Crippen molar-refractivity contribution < 1.29 is 9.21 Å². The van der Waals surface area contributed by atoms with Crippen molar-refractivity contribution in [3.8, 4) is 0 Å². The Balaban J connectivity index is 1.18. The maximum atomic E-state index is 12.5. The molecule has 0 saturated heterocycles. The summed E-state index contributed by atoms with van der Waals surface area (Å²) in [4.78, 5) is 14.9. The van der Waals surface area contributed by atoms with Crippen LogP contribution >= 0.6 is 0 Å². The molecule has 0 fully saturated rings. The minimum atomic E-state index is -0.184. The summed E-state index contributed by atoms with van der Waals surface area (Å²) in [5.74, 6) is 2.81. The van der Waals surface area contributed by atoms with E-state index in [0.717, 1.165) is 67.4 Å². The molecule has 0 saturated carbocycles. The molecule has 5 rings (SSSR count). The second-order valence-corrected chi connectivity index (χ2v) is 8.68. The van der Waals surface area contributed by atoms with E-state index in [1.165, 1.54) is 5.56 Å². The number of nitrogens with one attached hydrogen (secondary N) is 1. The number of carbonyl (C=O) groups is 1. The number of nitrogens with zero attached hydrogens (tertiary/aromatic N) is 4. The van der Waals surface area contributed by atoms with Gasteiger partial charge in [0.25, 0.3) is 0 Å². The molecular weight excluding hydrogens is 414 g/mol. The van der Waals surface area contributed by atoms with Gasteiger partial charge in [-0.3, -0.25) is 9.69 Å². The van der Waals surface area contributed by atoms with Gasteiger partial charge in [-0.15, -0.1) is 10.2 Å². The van der Waals surface area contributed by atoms with Gasteiger partial charge in [0.15, 0.2) is 5.82 Å². The number of hydrogen-bond acceptors (Lipinski definition) is 5. The van der Waals surface area contributed by atoms with E-state index in [1.807, 2.05) is 55.5 Å². The molecule has 7 nitrogen and oxygen atoms in total. The van der Waals surface area contributed by atoms with Crippen LogP contribution in [0.3, 0.4) is 0 Å². The lowest BCUT2D eigenvalue weighted by molar-refractivity contribution is -0.121. The van der Waals surface area contributed by atoms with E-state index in [1.54, 1.807) is 0 Å². The lowest BCUT2D eigenvalue weighted by Crippen LogP contribution is -2.30. The van der Waals surface area contributed by atoms with Gasteiger partial charge in [0.2, 0.25) is 5.91 Å². The van der Waals surface area contributed by atoms with Crippen molar-refractivity contribution in [2.24, 2.45) is 0 Å². The highest BCUT2D eigenvalue weighted by molar-refractivity contribution is 5.77. The average Bonchev–Trinajstić information content (AvgIpc) is 3.38. The average molecular weight is 444 g/mol. The minimum Gasteiger partial charge on any atom is -0.460 e. The highest BCUT2D eigenvalue weighted by atomic mass is 16.3. The normalized spacial score (nSPS) is 15.2. The van der Waals surface area contributed by atoms with Crippen molar-refractivity contribution in [2.45, 2.75) is 45.3 Å². The number of amides is 1. The fourth-order valence-corrected chi connectivity index (χ4v) is 4.48. The van der Waals surface area contributed by atoms with E-state index >= 15 is 0 Å². The van der Waals surface area contributed by atoms with Crippen LogP contribution in [0.15, 0.2) is 65.1 Å². The summed E-state index contributed by atoms with van der Waals surface area (Å²) < 4.78 is 8.17. The maximum absolute atomic E-state index is 12.5. The Bertz CT molecular complexity index is 1200. The van der Waals surface area contributed by atoms with Crippen LogP contribution < -0.4 is 5.32 Å². The summed E-state index contributed by atoms with van der Waals surface area (Å²) in [6.45, 7) is 5.32. The highest BCUT2D eigenvalue weighted by Crippen LogP contribution is 2.21. The van der Waals surface area contributed by atoms with Crippen LogP contribution in [0.25, 0.3) is 11.0 Å². The smallest absolute Gasteiger partial charge is 0.220 e. The van der Waals surface area contributed by atoms with E-state index in [-0.39, 0.29) is 11.9 Å². The summed E-state index contributed by atoms with van der Waals surface area (Å²) in [7, 11) is 0. The maximum Gasteiger partial charge on any atom is 0.220 e. The Labute approximate surface area is 193 Å². The number of hydrogen-bond donors (Lipinski definition) is 1. The topological polar surface area (TPSA) is 76.2 Å². The Hall–Kier alpha value is -3.45. The summed E-state index contributed by atoms with van der Waals surface area (Å²) in [6, 6.07) is 20.1. The number of carbonyl (C=O) groups excluding carboxylic acids is 1. The molecule has 1 aliphatic rings. The van der Waals surface area contributed by atoms with Crippen LogP contribution in [0.4, 0.5) is 0 Å². The van der Waals surface area contributed by atoms with Crippen LogP contribution in [0.5, 0.6) is 0 Å². The zero-order valence-electron chi connectivity index (χ0n) is 18.9. The van der Waals surface area contributed by atoms with Gasteiger partial charge in [-0.2, -0.15) is 0 Å². The predicted molar refractivity (Wildman–Crippen MR) is 127 cm³/mol. The van der Waals surface area contributed by atoms with Gasteiger partial charge in [0, 0.05) is 37.9 Å². The molecule has 1 atom stereocenters. The zero-order valence-corrected chi connectivity index (χ0v) is 18.9. The van der Waals surface area contributed by atoms with E-state index in [2.05, 4.69) is 37.1 Å². The lowest BCUT2D eigenvalue weighted by atomic mass is 10.1. The molecule has 3 heterocycles. The summed E-state index contributed by atoms with van der Waals surface area (Å²) >= 11 is 0. The lowest BCUT2D eigenvalue weighted by Gasteiger charge is -2.19. The molecule has 33 heavy (non-hydrogen) atoms. The third-order valence-corrected chi connectivity index (χ3v) is 6.25. The number of para-hydroxylation sites is 1. The first-order valence-corrected chi connectivity index (χ1v) is 11.6. The van der Waals surface area contributed by atoms with Crippen LogP contribution in [0.2, 0.25) is 0 Å². The standard InChI is InChI=1S/C26H29N5O2/c1-19(27-25(32)12-11-20-7-3-2-4-8-20)26-29-28-24-13-14-30(15-16-31(24)26)18-22-17-21-9-5-6-10-23(21)33-22/h2-10,17,19H,11-16,18H2,1H3,(H,27,32). The first-order valence-electron chi connectivity index (χ1n) is 11.6. The van der Waals surface area contributed by atoms with Crippen molar-refractivity contribution in [1.82, 2.24) is 25.0 Å². The van der Waals surface area contributed by atoms with Crippen molar-refractivity contribution in [2.75, 3.05) is 13.1 Å². The number of rotatable bonds is 7.